The Labute approximate surface area is 107 Å². The van der Waals surface area contributed by atoms with Gasteiger partial charge in [-0.3, -0.25) is 4.90 Å². The zero-order valence-corrected chi connectivity index (χ0v) is 11.2. The molecule has 1 aliphatic heterocycles. The number of thiazole rings is 1. The van der Waals surface area contributed by atoms with Gasteiger partial charge >= 0.3 is 0 Å². The van der Waals surface area contributed by atoms with Gasteiger partial charge in [0.25, 0.3) is 0 Å². The van der Waals surface area contributed by atoms with E-state index in [0.717, 1.165) is 32.7 Å². The number of nitrogens with zero attached hydrogens (tertiary/aromatic N) is 2. The molecule has 1 saturated heterocycles. The zero-order chi connectivity index (χ0) is 12.1. The summed E-state index contributed by atoms with van der Waals surface area (Å²) in [6.07, 6.45) is 2.45. The second-order valence-corrected chi connectivity index (χ2v) is 5.39. The molecule has 0 aliphatic carbocycles. The number of aryl methyl sites for hydroxylation is 1. The van der Waals surface area contributed by atoms with Crippen LogP contribution in [0.3, 0.4) is 0 Å². The lowest BCUT2D eigenvalue weighted by molar-refractivity contribution is -0.0263. The van der Waals surface area contributed by atoms with Crippen LogP contribution in [0.15, 0.2) is 5.38 Å². The van der Waals surface area contributed by atoms with Crippen molar-refractivity contribution in [1.82, 2.24) is 9.88 Å². The second-order valence-electron chi connectivity index (χ2n) is 4.45. The number of morpholine rings is 1. The maximum Gasteiger partial charge on any atom is 0.0928 e. The van der Waals surface area contributed by atoms with E-state index in [1.165, 1.54) is 17.1 Å². The third-order valence-corrected chi connectivity index (χ3v) is 3.89. The molecule has 1 atom stereocenters. The van der Waals surface area contributed by atoms with E-state index in [2.05, 4.69) is 22.2 Å². The number of hydrogen-bond donors (Lipinski definition) is 1. The molecule has 1 aromatic rings. The Hall–Kier alpha value is -0.490. The molecule has 2 heterocycles. The summed E-state index contributed by atoms with van der Waals surface area (Å²) < 4.78 is 5.55. The second kappa shape index (κ2) is 6.44. The van der Waals surface area contributed by atoms with Gasteiger partial charge in [0.05, 0.1) is 23.4 Å². The van der Waals surface area contributed by atoms with Crippen LogP contribution in [0.2, 0.25) is 0 Å². The lowest BCUT2D eigenvalue weighted by Gasteiger charge is -2.31. The zero-order valence-electron chi connectivity index (χ0n) is 10.4. The molecule has 1 aliphatic rings. The van der Waals surface area contributed by atoms with Gasteiger partial charge in [0.2, 0.25) is 0 Å². The van der Waals surface area contributed by atoms with Crippen LogP contribution >= 0.6 is 11.3 Å². The SMILES string of the molecule is CCCc1nc(CN2CCOC(CN)C2)cs1. The third-order valence-electron chi connectivity index (χ3n) is 2.93. The smallest absolute Gasteiger partial charge is 0.0928 e. The van der Waals surface area contributed by atoms with E-state index < -0.39 is 0 Å². The molecule has 1 unspecified atom stereocenters. The predicted octanol–water partition coefficient (Wildman–Crippen LogP) is 1.26. The molecule has 4 nitrogen and oxygen atoms in total. The summed E-state index contributed by atoms with van der Waals surface area (Å²) in [6, 6.07) is 0. The molecule has 96 valence electrons. The van der Waals surface area contributed by atoms with Gasteiger partial charge in [-0.2, -0.15) is 0 Å². The largest absolute Gasteiger partial charge is 0.374 e. The minimum absolute atomic E-state index is 0.192. The molecular weight excluding hydrogens is 234 g/mol. The molecule has 17 heavy (non-hydrogen) atoms. The fourth-order valence-electron chi connectivity index (χ4n) is 2.05. The number of hydrogen-bond acceptors (Lipinski definition) is 5. The number of rotatable bonds is 5. The third kappa shape index (κ3) is 3.74. The van der Waals surface area contributed by atoms with Crippen LogP contribution in [0.1, 0.15) is 24.0 Å². The molecule has 0 spiro atoms. The van der Waals surface area contributed by atoms with Crippen LogP contribution in [0.25, 0.3) is 0 Å². The van der Waals surface area contributed by atoms with E-state index in [-0.39, 0.29) is 6.10 Å². The van der Waals surface area contributed by atoms with Gasteiger partial charge in [-0.15, -0.1) is 11.3 Å². The standard InChI is InChI=1S/C12H21N3OS/c1-2-3-12-14-10(9-17-12)7-15-4-5-16-11(6-13)8-15/h9,11H,2-8,13H2,1H3. The molecule has 2 rings (SSSR count). The van der Waals surface area contributed by atoms with E-state index in [0.29, 0.717) is 6.54 Å². The van der Waals surface area contributed by atoms with Gasteiger partial charge in [0.15, 0.2) is 0 Å². The first-order chi connectivity index (χ1) is 8.31. The summed E-state index contributed by atoms with van der Waals surface area (Å²) >= 11 is 1.78. The van der Waals surface area contributed by atoms with Crippen molar-refractivity contribution in [3.63, 3.8) is 0 Å². The van der Waals surface area contributed by atoms with Crippen molar-refractivity contribution in [3.8, 4) is 0 Å². The first-order valence-corrected chi connectivity index (χ1v) is 7.17. The first-order valence-electron chi connectivity index (χ1n) is 6.29. The first kappa shape index (κ1) is 13.0. The van der Waals surface area contributed by atoms with Crippen LogP contribution < -0.4 is 5.73 Å². The molecule has 2 N–H and O–H groups in total. The summed E-state index contributed by atoms with van der Waals surface area (Å²) in [5.74, 6) is 0. The lowest BCUT2D eigenvalue weighted by atomic mass is 10.2. The molecule has 0 bridgehead atoms. The Bertz CT molecular complexity index is 342. The summed E-state index contributed by atoms with van der Waals surface area (Å²) in [4.78, 5) is 7.03. The van der Waals surface area contributed by atoms with Crippen molar-refractivity contribution in [2.75, 3.05) is 26.2 Å². The highest BCUT2D eigenvalue weighted by molar-refractivity contribution is 7.09. The van der Waals surface area contributed by atoms with Crippen LogP contribution in [-0.2, 0) is 17.7 Å². The van der Waals surface area contributed by atoms with E-state index in [1.54, 1.807) is 11.3 Å². The highest BCUT2D eigenvalue weighted by Gasteiger charge is 2.19. The van der Waals surface area contributed by atoms with Gasteiger partial charge in [-0.25, -0.2) is 4.98 Å². The molecule has 0 saturated carbocycles. The monoisotopic (exact) mass is 255 g/mol. The summed E-state index contributed by atoms with van der Waals surface area (Å²) in [7, 11) is 0. The molecule has 1 aromatic heterocycles. The van der Waals surface area contributed by atoms with Gasteiger partial charge in [-0.05, 0) is 12.8 Å². The van der Waals surface area contributed by atoms with E-state index in [9.17, 15) is 0 Å². The van der Waals surface area contributed by atoms with E-state index in [1.807, 2.05) is 0 Å². The average Bonchev–Trinajstić information content (AvgIpc) is 2.77. The summed E-state index contributed by atoms with van der Waals surface area (Å²) in [5.41, 5.74) is 6.83. The highest BCUT2D eigenvalue weighted by Crippen LogP contribution is 2.15. The summed E-state index contributed by atoms with van der Waals surface area (Å²) in [5, 5.41) is 3.43. The van der Waals surface area contributed by atoms with Crippen LogP contribution in [0.5, 0.6) is 0 Å². The minimum Gasteiger partial charge on any atom is -0.374 e. The molecule has 0 aromatic carbocycles. The quantitative estimate of drug-likeness (QED) is 0.860. The summed E-state index contributed by atoms with van der Waals surface area (Å²) in [6.45, 7) is 6.42. The lowest BCUT2D eigenvalue weighted by Crippen LogP contribution is -2.45. The molecule has 5 heteroatoms. The number of aromatic nitrogens is 1. The Morgan fingerprint density at radius 1 is 1.65 bits per heavy atom. The topological polar surface area (TPSA) is 51.4 Å². The average molecular weight is 255 g/mol. The number of nitrogens with two attached hydrogens (primary N) is 1. The molecule has 1 fully saturated rings. The predicted molar refractivity (Wildman–Crippen MR) is 70.2 cm³/mol. The Balaban J connectivity index is 1.86. The Kier molecular flexibility index (Phi) is 4.91. The van der Waals surface area contributed by atoms with Crippen molar-refractivity contribution in [3.05, 3.63) is 16.1 Å². The van der Waals surface area contributed by atoms with Gasteiger partial charge in [-0.1, -0.05) is 6.92 Å². The van der Waals surface area contributed by atoms with Crippen LogP contribution in [-0.4, -0.2) is 42.2 Å². The van der Waals surface area contributed by atoms with Crippen LogP contribution in [0.4, 0.5) is 0 Å². The van der Waals surface area contributed by atoms with Crippen molar-refractivity contribution in [1.29, 1.82) is 0 Å². The van der Waals surface area contributed by atoms with Crippen molar-refractivity contribution in [2.24, 2.45) is 5.73 Å². The maximum absolute atomic E-state index is 5.64. The normalized spacial score (nSPS) is 21.9. The fraction of sp³-hybridized carbons (Fsp3) is 0.750. The molecule has 0 amide bonds. The van der Waals surface area contributed by atoms with Gasteiger partial charge in [0.1, 0.15) is 0 Å². The van der Waals surface area contributed by atoms with E-state index in [4.69, 9.17) is 10.5 Å². The van der Waals surface area contributed by atoms with Crippen molar-refractivity contribution >= 4 is 11.3 Å². The van der Waals surface area contributed by atoms with Crippen molar-refractivity contribution in [2.45, 2.75) is 32.4 Å². The Morgan fingerprint density at radius 3 is 3.29 bits per heavy atom. The maximum atomic E-state index is 5.64. The fourth-order valence-corrected chi connectivity index (χ4v) is 2.94. The van der Waals surface area contributed by atoms with E-state index >= 15 is 0 Å². The van der Waals surface area contributed by atoms with Crippen LogP contribution in [0, 0.1) is 0 Å². The minimum atomic E-state index is 0.192. The van der Waals surface area contributed by atoms with Gasteiger partial charge in [0, 0.05) is 31.6 Å². The number of ether oxygens (including phenoxy) is 1. The highest BCUT2D eigenvalue weighted by atomic mass is 32.1. The Morgan fingerprint density at radius 2 is 2.53 bits per heavy atom. The molecule has 0 radical (unpaired) electrons. The van der Waals surface area contributed by atoms with Crippen molar-refractivity contribution < 1.29 is 4.74 Å². The van der Waals surface area contributed by atoms with Gasteiger partial charge < -0.3 is 10.5 Å². The molecular formula is C12H21N3OS.